The molecule has 0 fully saturated rings. The fourth-order valence-corrected chi connectivity index (χ4v) is 4.26. The molecule has 1 heterocycles. The van der Waals surface area contributed by atoms with Gasteiger partial charge in [0.1, 0.15) is 16.9 Å². The molecular weight excluding hydrogens is 391 g/mol. The highest BCUT2D eigenvalue weighted by molar-refractivity contribution is 7.16. The molecule has 138 valence electrons. The summed E-state index contributed by atoms with van der Waals surface area (Å²) >= 11 is 7.24. The number of rotatable bonds is 5. The van der Waals surface area contributed by atoms with E-state index in [2.05, 4.69) is 11.4 Å². The molecule has 1 N–H and O–H groups in total. The first-order valence-electron chi connectivity index (χ1n) is 8.13. The summed E-state index contributed by atoms with van der Waals surface area (Å²) in [5.41, 5.74) is 1.55. The van der Waals surface area contributed by atoms with Crippen LogP contribution in [0.2, 0.25) is 5.02 Å². The fraction of sp³-hybridized carbons (Fsp3) is 0.211. The number of benzene rings is 1. The first kappa shape index (κ1) is 19.1. The summed E-state index contributed by atoms with van der Waals surface area (Å²) in [6.45, 7) is -0.512. The maximum absolute atomic E-state index is 13.6. The van der Waals surface area contributed by atoms with Crippen molar-refractivity contribution in [2.75, 3.05) is 11.9 Å². The van der Waals surface area contributed by atoms with Gasteiger partial charge in [-0.3, -0.25) is 4.79 Å². The molecule has 0 unspecified atom stereocenters. The summed E-state index contributed by atoms with van der Waals surface area (Å²) in [7, 11) is 0. The third-order valence-corrected chi connectivity index (χ3v) is 5.55. The van der Waals surface area contributed by atoms with E-state index in [0.29, 0.717) is 10.6 Å². The Morgan fingerprint density at radius 2 is 2.22 bits per heavy atom. The molecule has 0 radical (unpaired) electrons. The SMILES string of the molecule is N#Cc1c(NC(=O)COC(=O)C=Cc2c(F)cccc2Cl)sc2c1CCC2. The van der Waals surface area contributed by atoms with Crippen LogP contribution in [0.25, 0.3) is 6.08 Å². The van der Waals surface area contributed by atoms with Crippen LogP contribution < -0.4 is 5.32 Å². The second-order valence-electron chi connectivity index (χ2n) is 5.80. The highest BCUT2D eigenvalue weighted by atomic mass is 35.5. The largest absolute Gasteiger partial charge is 0.452 e. The first-order valence-corrected chi connectivity index (χ1v) is 9.32. The normalized spacial score (nSPS) is 12.6. The lowest BCUT2D eigenvalue weighted by Crippen LogP contribution is -2.20. The average Bonchev–Trinajstić information content (AvgIpc) is 3.20. The molecule has 0 spiro atoms. The number of nitrogens with zero attached hydrogens (tertiary/aromatic N) is 1. The number of amides is 1. The number of thiophene rings is 1. The van der Waals surface area contributed by atoms with Crippen molar-refractivity contribution < 1.29 is 18.7 Å². The second kappa shape index (κ2) is 8.33. The van der Waals surface area contributed by atoms with E-state index in [1.807, 2.05) is 0 Å². The number of carbonyl (C=O) groups excluding carboxylic acids is 2. The zero-order valence-corrected chi connectivity index (χ0v) is 15.6. The van der Waals surface area contributed by atoms with Crippen LogP contribution >= 0.6 is 22.9 Å². The van der Waals surface area contributed by atoms with Gasteiger partial charge in [0.05, 0.1) is 10.6 Å². The minimum atomic E-state index is -0.807. The van der Waals surface area contributed by atoms with Gasteiger partial charge >= 0.3 is 5.97 Å². The Bertz CT molecular complexity index is 958. The van der Waals surface area contributed by atoms with Gasteiger partial charge in [-0.2, -0.15) is 5.26 Å². The molecular formula is C19H14ClFN2O3S. The number of aryl methyl sites for hydroxylation is 1. The molecule has 1 aliphatic carbocycles. The van der Waals surface area contributed by atoms with Crippen LogP contribution in [0.1, 0.15) is 28.0 Å². The molecule has 0 atom stereocenters. The number of nitriles is 1. The summed E-state index contributed by atoms with van der Waals surface area (Å²) in [6.07, 6.45) is 4.94. The van der Waals surface area contributed by atoms with Gasteiger partial charge in [0.25, 0.3) is 5.91 Å². The van der Waals surface area contributed by atoms with Crippen LogP contribution in [0.15, 0.2) is 24.3 Å². The van der Waals surface area contributed by atoms with Crippen LogP contribution in [-0.4, -0.2) is 18.5 Å². The highest BCUT2D eigenvalue weighted by Crippen LogP contribution is 2.38. The predicted molar refractivity (Wildman–Crippen MR) is 101 cm³/mol. The van der Waals surface area contributed by atoms with Crippen LogP contribution in [-0.2, 0) is 27.2 Å². The Labute approximate surface area is 164 Å². The van der Waals surface area contributed by atoms with Gasteiger partial charge in [-0.05, 0) is 43.0 Å². The molecule has 8 heteroatoms. The van der Waals surface area contributed by atoms with Crippen molar-refractivity contribution in [1.29, 1.82) is 5.26 Å². The molecule has 2 aromatic rings. The van der Waals surface area contributed by atoms with Gasteiger partial charge in [0.2, 0.25) is 0 Å². The van der Waals surface area contributed by atoms with E-state index in [1.54, 1.807) is 0 Å². The summed E-state index contributed by atoms with van der Waals surface area (Å²) in [5, 5.41) is 12.6. The van der Waals surface area contributed by atoms with Gasteiger partial charge in [0, 0.05) is 16.5 Å². The Morgan fingerprint density at radius 3 is 2.96 bits per heavy atom. The van der Waals surface area contributed by atoms with Crippen molar-refractivity contribution in [3.63, 3.8) is 0 Å². The molecule has 1 amide bonds. The molecule has 0 saturated carbocycles. The van der Waals surface area contributed by atoms with Crippen molar-refractivity contribution in [3.05, 3.63) is 56.7 Å². The van der Waals surface area contributed by atoms with Crippen molar-refractivity contribution in [2.24, 2.45) is 0 Å². The van der Waals surface area contributed by atoms with Crippen molar-refractivity contribution in [1.82, 2.24) is 0 Å². The molecule has 1 aromatic heterocycles. The number of fused-ring (bicyclic) bond motifs is 1. The number of ether oxygens (including phenoxy) is 1. The number of hydrogen-bond acceptors (Lipinski definition) is 5. The molecule has 0 saturated heterocycles. The third-order valence-electron chi connectivity index (χ3n) is 4.02. The Hall–Kier alpha value is -2.69. The molecule has 1 aliphatic rings. The van der Waals surface area contributed by atoms with Gasteiger partial charge < -0.3 is 10.1 Å². The number of carbonyl (C=O) groups is 2. The highest BCUT2D eigenvalue weighted by Gasteiger charge is 2.23. The molecule has 0 bridgehead atoms. The lowest BCUT2D eigenvalue weighted by atomic mass is 10.1. The predicted octanol–water partition coefficient (Wildman–Crippen LogP) is 4.10. The topological polar surface area (TPSA) is 79.2 Å². The Balaban J connectivity index is 1.56. The third kappa shape index (κ3) is 4.35. The van der Waals surface area contributed by atoms with E-state index >= 15 is 0 Å². The van der Waals surface area contributed by atoms with Gasteiger partial charge in [-0.15, -0.1) is 11.3 Å². The first-order chi connectivity index (χ1) is 13.0. The Morgan fingerprint density at radius 1 is 1.41 bits per heavy atom. The molecule has 3 rings (SSSR count). The van der Waals surface area contributed by atoms with E-state index in [1.165, 1.54) is 35.6 Å². The number of anilines is 1. The maximum Gasteiger partial charge on any atom is 0.331 e. The fourth-order valence-electron chi connectivity index (χ4n) is 2.78. The molecule has 0 aliphatic heterocycles. The number of halogens is 2. The standard InChI is InChI=1S/C19H14ClFN2O3S/c20-14-4-2-5-15(21)12(14)7-8-18(25)26-10-17(24)23-19-13(9-22)11-3-1-6-16(11)27-19/h2,4-5,7-8H,1,3,6,10H2,(H,23,24). The zero-order valence-electron chi connectivity index (χ0n) is 14.1. The van der Waals surface area contributed by atoms with Gasteiger partial charge in [-0.1, -0.05) is 17.7 Å². The monoisotopic (exact) mass is 404 g/mol. The van der Waals surface area contributed by atoms with Gasteiger partial charge in [-0.25, -0.2) is 9.18 Å². The van der Waals surface area contributed by atoms with Gasteiger partial charge in [0.15, 0.2) is 6.61 Å². The summed E-state index contributed by atoms with van der Waals surface area (Å²) in [6, 6.07) is 6.29. The lowest BCUT2D eigenvalue weighted by molar-refractivity contribution is -0.142. The minimum Gasteiger partial charge on any atom is -0.452 e. The summed E-state index contributed by atoms with van der Waals surface area (Å²) in [4.78, 5) is 24.8. The van der Waals surface area contributed by atoms with E-state index < -0.39 is 24.3 Å². The van der Waals surface area contributed by atoms with Crippen molar-refractivity contribution in [2.45, 2.75) is 19.3 Å². The van der Waals surface area contributed by atoms with Crippen LogP contribution in [0.5, 0.6) is 0 Å². The maximum atomic E-state index is 13.6. The minimum absolute atomic E-state index is 0.0623. The van der Waals surface area contributed by atoms with E-state index in [0.717, 1.165) is 35.8 Å². The summed E-state index contributed by atoms with van der Waals surface area (Å²) in [5.74, 6) is -1.92. The number of esters is 1. The Kier molecular flexibility index (Phi) is 5.89. The quantitative estimate of drug-likeness (QED) is 0.601. The van der Waals surface area contributed by atoms with E-state index in [4.69, 9.17) is 16.3 Å². The van der Waals surface area contributed by atoms with Crippen LogP contribution in [0.3, 0.4) is 0 Å². The number of hydrogen-bond donors (Lipinski definition) is 1. The van der Waals surface area contributed by atoms with Crippen LogP contribution in [0.4, 0.5) is 9.39 Å². The number of nitrogens with one attached hydrogen (secondary N) is 1. The van der Waals surface area contributed by atoms with Crippen molar-refractivity contribution >= 4 is 45.9 Å². The zero-order chi connectivity index (χ0) is 19.4. The second-order valence-corrected chi connectivity index (χ2v) is 7.31. The van der Waals surface area contributed by atoms with E-state index in [9.17, 15) is 19.2 Å². The molecule has 5 nitrogen and oxygen atoms in total. The van der Waals surface area contributed by atoms with E-state index in [-0.39, 0.29) is 10.6 Å². The molecule has 27 heavy (non-hydrogen) atoms. The van der Waals surface area contributed by atoms with Crippen LogP contribution in [0, 0.1) is 17.1 Å². The summed E-state index contributed by atoms with van der Waals surface area (Å²) < 4.78 is 18.5. The lowest BCUT2D eigenvalue weighted by Gasteiger charge is -2.04. The smallest absolute Gasteiger partial charge is 0.331 e. The molecule has 1 aromatic carbocycles. The van der Waals surface area contributed by atoms with Crippen molar-refractivity contribution in [3.8, 4) is 6.07 Å². The average molecular weight is 405 g/mol.